The summed E-state index contributed by atoms with van der Waals surface area (Å²) < 4.78 is 1.72. The molecule has 18 heavy (non-hydrogen) atoms. The van der Waals surface area contributed by atoms with Crippen LogP contribution in [0.15, 0.2) is 6.20 Å². The maximum Gasteiger partial charge on any atom is 0.257 e. The van der Waals surface area contributed by atoms with Gasteiger partial charge in [0.25, 0.3) is 5.91 Å². The molecule has 0 radical (unpaired) electrons. The van der Waals surface area contributed by atoms with Crippen LogP contribution >= 0.6 is 0 Å². The number of carbonyl (C=O) groups is 1. The maximum absolute atomic E-state index is 12.4. The summed E-state index contributed by atoms with van der Waals surface area (Å²) in [6, 6.07) is 0.445. The zero-order chi connectivity index (χ0) is 13.1. The topological polar surface area (TPSA) is 50.2 Å². The van der Waals surface area contributed by atoms with Crippen LogP contribution in [0.1, 0.15) is 35.8 Å². The Morgan fingerprint density at radius 2 is 2.44 bits per heavy atom. The fourth-order valence-electron chi connectivity index (χ4n) is 2.51. The van der Waals surface area contributed by atoms with Gasteiger partial charge in [0, 0.05) is 32.9 Å². The van der Waals surface area contributed by atoms with Gasteiger partial charge in [0.1, 0.15) is 0 Å². The number of carbonyl (C=O) groups excluding carboxylic acids is 1. The van der Waals surface area contributed by atoms with Crippen LogP contribution in [0.4, 0.5) is 0 Å². The molecule has 0 aliphatic carbocycles. The molecular weight excluding hydrogens is 228 g/mol. The number of hydrogen-bond donors (Lipinski definition) is 1. The van der Waals surface area contributed by atoms with E-state index in [1.165, 1.54) is 6.42 Å². The molecule has 1 unspecified atom stereocenters. The summed E-state index contributed by atoms with van der Waals surface area (Å²) in [6.07, 6.45) is 4.97. The van der Waals surface area contributed by atoms with E-state index in [1.54, 1.807) is 9.58 Å². The van der Waals surface area contributed by atoms with E-state index in [0.717, 1.165) is 37.2 Å². The first-order chi connectivity index (χ1) is 8.61. The highest BCUT2D eigenvalue weighted by Crippen LogP contribution is 2.12. The molecule has 0 bridgehead atoms. The highest BCUT2D eigenvalue weighted by atomic mass is 16.2. The van der Waals surface area contributed by atoms with Crippen molar-refractivity contribution in [2.45, 2.75) is 32.2 Å². The monoisotopic (exact) mass is 250 g/mol. The quantitative estimate of drug-likeness (QED) is 0.860. The Hall–Kier alpha value is -1.36. The minimum absolute atomic E-state index is 0.0775. The Kier molecular flexibility index (Phi) is 4.01. The van der Waals surface area contributed by atoms with Crippen LogP contribution in [0.3, 0.4) is 0 Å². The third-order valence-corrected chi connectivity index (χ3v) is 3.47. The van der Waals surface area contributed by atoms with E-state index in [1.807, 2.05) is 27.2 Å². The molecule has 1 aromatic heterocycles. The zero-order valence-corrected chi connectivity index (χ0v) is 11.4. The lowest BCUT2D eigenvalue weighted by molar-refractivity contribution is 0.0782. The first kappa shape index (κ1) is 13.1. The first-order valence-corrected chi connectivity index (χ1v) is 6.63. The lowest BCUT2D eigenvalue weighted by atomic mass is 10.1. The Morgan fingerprint density at radius 3 is 3.06 bits per heavy atom. The smallest absolute Gasteiger partial charge is 0.257 e. The average molecular weight is 250 g/mol. The van der Waals surface area contributed by atoms with E-state index in [4.69, 9.17) is 0 Å². The van der Waals surface area contributed by atoms with E-state index in [0.29, 0.717) is 6.04 Å². The molecule has 1 amide bonds. The highest BCUT2D eigenvalue weighted by Gasteiger charge is 2.22. The number of likely N-dealkylation sites (N-methyl/N-ethyl adjacent to an activating group) is 1. The molecule has 1 aromatic rings. The van der Waals surface area contributed by atoms with Crippen molar-refractivity contribution in [1.82, 2.24) is 20.0 Å². The summed E-state index contributed by atoms with van der Waals surface area (Å²) >= 11 is 0. The number of aromatic nitrogens is 2. The van der Waals surface area contributed by atoms with E-state index in [2.05, 4.69) is 10.4 Å². The number of nitrogens with zero attached hydrogens (tertiary/aromatic N) is 3. The summed E-state index contributed by atoms with van der Waals surface area (Å²) in [5.41, 5.74) is 1.62. The van der Waals surface area contributed by atoms with Crippen molar-refractivity contribution in [2.24, 2.45) is 7.05 Å². The van der Waals surface area contributed by atoms with E-state index < -0.39 is 0 Å². The van der Waals surface area contributed by atoms with Crippen LogP contribution in [0, 0.1) is 0 Å². The van der Waals surface area contributed by atoms with Gasteiger partial charge in [-0.3, -0.25) is 9.48 Å². The molecule has 5 nitrogen and oxygen atoms in total. The lowest BCUT2D eigenvalue weighted by Gasteiger charge is -2.21. The zero-order valence-electron chi connectivity index (χ0n) is 11.4. The van der Waals surface area contributed by atoms with Gasteiger partial charge in [0.15, 0.2) is 0 Å². The van der Waals surface area contributed by atoms with Crippen molar-refractivity contribution < 1.29 is 4.79 Å². The van der Waals surface area contributed by atoms with Crippen LogP contribution in [0.2, 0.25) is 0 Å². The molecule has 100 valence electrons. The maximum atomic E-state index is 12.4. The molecule has 1 aliphatic heterocycles. The van der Waals surface area contributed by atoms with Gasteiger partial charge in [-0.2, -0.15) is 5.10 Å². The minimum Gasteiger partial charge on any atom is -0.340 e. The lowest BCUT2D eigenvalue weighted by Crippen LogP contribution is -2.38. The molecule has 1 aliphatic rings. The molecule has 1 saturated heterocycles. The molecule has 1 fully saturated rings. The van der Waals surface area contributed by atoms with Crippen LogP contribution in [-0.2, 0) is 13.5 Å². The van der Waals surface area contributed by atoms with Gasteiger partial charge in [0.05, 0.1) is 11.3 Å². The fourth-order valence-corrected chi connectivity index (χ4v) is 2.51. The first-order valence-electron chi connectivity index (χ1n) is 6.63. The molecule has 2 heterocycles. The Bertz CT molecular complexity index is 421. The van der Waals surface area contributed by atoms with Gasteiger partial charge in [0.2, 0.25) is 0 Å². The summed E-state index contributed by atoms with van der Waals surface area (Å²) in [4.78, 5) is 14.2. The van der Waals surface area contributed by atoms with Crippen molar-refractivity contribution >= 4 is 5.91 Å². The van der Waals surface area contributed by atoms with Gasteiger partial charge in [-0.1, -0.05) is 6.92 Å². The summed E-state index contributed by atoms with van der Waals surface area (Å²) in [6.45, 7) is 3.87. The third-order valence-electron chi connectivity index (χ3n) is 3.47. The molecule has 2 rings (SSSR count). The van der Waals surface area contributed by atoms with Crippen molar-refractivity contribution in [2.75, 3.05) is 20.1 Å². The Balaban J connectivity index is 2.04. The number of amides is 1. The minimum atomic E-state index is 0.0775. The Labute approximate surface area is 108 Å². The fraction of sp³-hybridized carbons (Fsp3) is 0.692. The standard InChI is InChI=1S/C13H22N4O/c1-4-12-11(9-17(3)15-12)13(18)16(2)8-10-6-5-7-14-10/h9-10,14H,4-8H2,1-3H3. The van der Waals surface area contributed by atoms with Gasteiger partial charge < -0.3 is 10.2 Å². The van der Waals surface area contributed by atoms with Crippen molar-refractivity contribution in [3.63, 3.8) is 0 Å². The number of rotatable bonds is 4. The Morgan fingerprint density at radius 1 is 1.67 bits per heavy atom. The largest absolute Gasteiger partial charge is 0.340 e. The predicted molar refractivity (Wildman–Crippen MR) is 70.6 cm³/mol. The average Bonchev–Trinajstić information content (AvgIpc) is 2.97. The summed E-state index contributed by atoms with van der Waals surface area (Å²) in [7, 11) is 3.73. The molecule has 1 atom stereocenters. The molecule has 1 N–H and O–H groups in total. The van der Waals surface area contributed by atoms with E-state index in [-0.39, 0.29) is 5.91 Å². The van der Waals surface area contributed by atoms with E-state index >= 15 is 0 Å². The second-order valence-electron chi connectivity index (χ2n) is 5.00. The number of aryl methyl sites for hydroxylation is 2. The summed E-state index contributed by atoms with van der Waals surface area (Å²) in [5, 5.41) is 7.73. The third kappa shape index (κ3) is 2.72. The van der Waals surface area contributed by atoms with E-state index in [9.17, 15) is 4.79 Å². The number of hydrogen-bond acceptors (Lipinski definition) is 3. The SMILES string of the molecule is CCc1nn(C)cc1C(=O)N(C)CC1CCCN1. The van der Waals surface area contributed by atoms with Crippen molar-refractivity contribution in [1.29, 1.82) is 0 Å². The van der Waals surface area contributed by atoms with Crippen molar-refractivity contribution in [3.05, 3.63) is 17.5 Å². The number of nitrogens with one attached hydrogen (secondary N) is 1. The van der Waals surface area contributed by atoms with Crippen LogP contribution in [-0.4, -0.2) is 46.8 Å². The highest BCUT2D eigenvalue weighted by molar-refractivity contribution is 5.95. The normalized spacial score (nSPS) is 19.2. The molecule has 0 spiro atoms. The van der Waals surface area contributed by atoms with Gasteiger partial charge >= 0.3 is 0 Å². The van der Waals surface area contributed by atoms with Crippen LogP contribution in [0.5, 0.6) is 0 Å². The summed E-state index contributed by atoms with van der Waals surface area (Å²) in [5.74, 6) is 0.0775. The molecule has 5 heteroatoms. The van der Waals surface area contributed by atoms with Gasteiger partial charge in [-0.25, -0.2) is 0 Å². The second kappa shape index (κ2) is 5.52. The van der Waals surface area contributed by atoms with Gasteiger partial charge in [-0.05, 0) is 25.8 Å². The van der Waals surface area contributed by atoms with Crippen LogP contribution in [0.25, 0.3) is 0 Å². The van der Waals surface area contributed by atoms with Crippen molar-refractivity contribution in [3.8, 4) is 0 Å². The molecule has 0 aromatic carbocycles. The predicted octanol–water partition coefficient (Wildman–Crippen LogP) is 0.806. The van der Waals surface area contributed by atoms with Gasteiger partial charge in [-0.15, -0.1) is 0 Å². The van der Waals surface area contributed by atoms with Crippen LogP contribution < -0.4 is 5.32 Å². The second-order valence-corrected chi connectivity index (χ2v) is 5.00. The molecular formula is C13H22N4O. The molecule has 0 saturated carbocycles.